The molecule has 0 aromatic heterocycles. The third-order valence-electron chi connectivity index (χ3n) is 2.94. The molecule has 1 unspecified atom stereocenters. The lowest BCUT2D eigenvalue weighted by molar-refractivity contribution is -0.139. The molecule has 22 heavy (non-hydrogen) atoms. The summed E-state index contributed by atoms with van der Waals surface area (Å²) in [4.78, 5) is 22.9. The van der Waals surface area contributed by atoms with Crippen molar-refractivity contribution in [3.8, 4) is 0 Å². The quantitative estimate of drug-likeness (QED) is 0.773. The Labute approximate surface area is 126 Å². The van der Waals surface area contributed by atoms with Gasteiger partial charge in [0.15, 0.2) is 11.6 Å². The van der Waals surface area contributed by atoms with E-state index in [1.807, 2.05) is 0 Å². The van der Waals surface area contributed by atoms with Crippen LogP contribution in [0.2, 0.25) is 0 Å². The predicted molar refractivity (Wildman–Crippen MR) is 74.2 cm³/mol. The number of carbonyl (C=O) groups is 2. The average molecular weight is 335 g/mol. The van der Waals surface area contributed by atoms with E-state index in [4.69, 9.17) is 5.11 Å². The van der Waals surface area contributed by atoms with Crippen LogP contribution in [0.4, 0.5) is 8.78 Å². The van der Waals surface area contributed by atoms with Gasteiger partial charge in [0.05, 0.1) is 5.75 Å². The number of hydrogen-bond donors (Lipinski definition) is 2. The Morgan fingerprint density at radius 2 is 1.91 bits per heavy atom. The second kappa shape index (κ2) is 7.30. The molecular weight excluding hydrogens is 320 g/mol. The highest BCUT2D eigenvalue weighted by Gasteiger charge is 2.23. The van der Waals surface area contributed by atoms with Gasteiger partial charge >= 0.3 is 5.97 Å². The number of rotatable bonds is 7. The van der Waals surface area contributed by atoms with Crippen LogP contribution in [-0.2, 0) is 14.6 Å². The van der Waals surface area contributed by atoms with Crippen molar-refractivity contribution in [2.24, 2.45) is 0 Å². The third-order valence-corrected chi connectivity index (χ3v) is 4.68. The zero-order valence-electron chi connectivity index (χ0n) is 11.7. The molecule has 1 aromatic carbocycles. The highest BCUT2D eigenvalue weighted by molar-refractivity contribution is 7.91. The van der Waals surface area contributed by atoms with Crippen LogP contribution in [0, 0.1) is 11.6 Å². The summed E-state index contributed by atoms with van der Waals surface area (Å²) in [5.74, 6) is -5.27. The molecule has 0 aliphatic heterocycles. The van der Waals surface area contributed by atoms with Gasteiger partial charge in [-0.3, -0.25) is 4.79 Å². The largest absolute Gasteiger partial charge is 0.480 e. The van der Waals surface area contributed by atoms with Crippen LogP contribution >= 0.6 is 0 Å². The van der Waals surface area contributed by atoms with Crippen LogP contribution in [0.5, 0.6) is 0 Å². The molecule has 1 aromatic rings. The van der Waals surface area contributed by atoms with Gasteiger partial charge < -0.3 is 10.4 Å². The van der Waals surface area contributed by atoms with Gasteiger partial charge in [0.2, 0.25) is 0 Å². The molecule has 0 aliphatic carbocycles. The highest BCUT2D eigenvalue weighted by atomic mass is 32.2. The van der Waals surface area contributed by atoms with Gasteiger partial charge in [0, 0.05) is 11.3 Å². The number of sulfone groups is 1. The molecule has 0 saturated heterocycles. The molecule has 0 aliphatic rings. The van der Waals surface area contributed by atoms with Crippen molar-refractivity contribution in [1.29, 1.82) is 0 Å². The Bertz CT molecular complexity index is 675. The predicted octanol–water partition coefficient (Wildman–Crippen LogP) is 0.973. The Hall–Kier alpha value is -2.03. The van der Waals surface area contributed by atoms with E-state index in [1.54, 1.807) is 0 Å². The molecule has 9 heteroatoms. The molecule has 0 fully saturated rings. The van der Waals surface area contributed by atoms with Crippen molar-refractivity contribution in [2.75, 3.05) is 11.5 Å². The molecule has 0 saturated carbocycles. The van der Waals surface area contributed by atoms with Gasteiger partial charge in [-0.1, -0.05) is 6.92 Å². The van der Waals surface area contributed by atoms with Crippen LogP contribution in [0.25, 0.3) is 0 Å². The van der Waals surface area contributed by atoms with Crippen LogP contribution < -0.4 is 5.32 Å². The lowest BCUT2D eigenvalue weighted by Gasteiger charge is -2.14. The molecule has 1 amide bonds. The van der Waals surface area contributed by atoms with Gasteiger partial charge in [-0.15, -0.1) is 0 Å². The smallest absolute Gasteiger partial charge is 0.326 e. The normalized spacial score (nSPS) is 12.7. The fourth-order valence-corrected chi connectivity index (χ4v) is 2.46. The summed E-state index contributed by atoms with van der Waals surface area (Å²) >= 11 is 0. The highest BCUT2D eigenvalue weighted by Crippen LogP contribution is 2.09. The number of carboxylic acids is 1. The van der Waals surface area contributed by atoms with Crippen LogP contribution in [-0.4, -0.2) is 42.9 Å². The van der Waals surface area contributed by atoms with Gasteiger partial charge in [-0.2, -0.15) is 0 Å². The van der Waals surface area contributed by atoms with Crippen molar-refractivity contribution in [3.63, 3.8) is 0 Å². The van der Waals surface area contributed by atoms with E-state index in [-0.39, 0.29) is 17.7 Å². The maximum absolute atomic E-state index is 13.0. The second-order valence-electron chi connectivity index (χ2n) is 4.52. The minimum Gasteiger partial charge on any atom is -0.480 e. The zero-order valence-corrected chi connectivity index (χ0v) is 12.5. The number of carbonyl (C=O) groups excluding carboxylic acids is 1. The standard InChI is InChI=1S/C13H15F2NO5S/c1-2-22(20,21)6-5-11(13(18)19)16-12(17)8-3-4-9(14)10(15)7-8/h3-4,7,11H,2,5-6H2,1H3,(H,16,17)(H,18,19). The number of benzene rings is 1. The summed E-state index contributed by atoms with van der Waals surface area (Å²) in [5.41, 5.74) is -0.261. The molecule has 1 atom stereocenters. The van der Waals surface area contributed by atoms with Gasteiger partial charge in [-0.05, 0) is 24.6 Å². The van der Waals surface area contributed by atoms with Crippen LogP contribution in [0.1, 0.15) is 23.7 Å². The number of halogens is 2. The number of amides is 1. The molecule has 0 bridgehead atoms. The lowest BCUT2D eigenvalue weighted by Crippen LogP contribution is -2.42. The van der Waals surface area contributed by atoms with Crippen LogP contribution in [0.3, 0.4) is 0 Å². The number of carboxylic acid groups (broad SMARTS) is 1. The molecule has 122 valence electrons. The maximum atomic E-state index is 13.0. The summed E-state index contributed by atoms with van der Waals surface area (Å²) in [6.07, 6.45) is -0.319. The summed E-state index contributed by atoms with van der Waals surface area (Å²) in [6.45, 7) is 1.42. The first kappa shape index (κ1) is 18.0. The van der Waals surface area contributed by atoms with E-state index < -0.39 is 45.1 Å². The van der Waals surface area contributed by atoms with Gasteiger partial charge in [0.25, 0.3) is 5.91 Å². The van der Waals surface area contributed by atoms with Crippen molar-refractivity contribution in [3.05, 3.63) is 35.4 Å². The van der Waals surface area contributed by atoms with Crippen LogP contribution in [0.15, 0.2) is 18.2 Å². The van der Waals surface area contributed by atoms with E-state index in [0.29, 0.717) is 6.07 Å². The van der Waals surface area contributed by atoms with E-state index in [1.165, 1.54) is 6.92 Å². The summed E-state index contributed by atoms with van der Waals surface area (Å²) in [5, 5.41) is 11.1. The fraction of sp³-hybridized carbons (Fsp3) is 0.385. The maximum Gasteiger partial charge on any atom is 0.326 e. The Morgan fingerprint density at radius 3 is 2.41 bits per heavy atom. The molecule has 0 radical (unpaired) electrons. The molecule has 1 rings (SSSR count). The molecular formula is C13H15F2NO5S. The fourth-order valence-electron chi connectivity index (χ4n) is 1.58. The van der Waals surface area contributed by atoms with Crippen molar-refractivity contribution < 1.29 is 31.9 Å². The SMILES string of the molecule is CCS(=O)(=O)CCC(NC(=O)c1ccc(F)c(F)c1)C(=O)O. The summed E-state index contributed by atoms with van der Waals surface area (Å²) < 4.78 is 48.5. The number of aliphatic carboxylic acids is 1. The summed E-state index contributed by atoms with van der Waals surface area (Å²) in [6, 6.07) is 0.922. The molecule has 0 spiro atoms. The monoisotopic (exact) mass is 335 g/mol. The lowest BCUT2D eigenvalue weighted by atomic mass is 10.1. The average Bonchev–Trinajstić information content (AvgIpc) is 2.45. The molecule has 2 N–H and O–H groups in total. The molecule has 6 nitrogen and oxygen atoms in total. The van der Waals surface area contributed by atoms with E-state index in [0.717, 1.165) is 12.1 Å². The van der Waals surface area contributed by atoms with Gasteiger partial charge in [0.1, 0.15) is 15.9 Å². The van der Waals surface area contributed by atoms with Crippen molar-refractivity contribution >= 4 is 21.7 Å². The summed E-state index contributed by atoms with van der Waals surface area (Å²) in [7, 11) is -3.39. The Morgan fingerprint density at radius 1 is 1.27 bits per heavy atom. The minimum absolute atomic E-state index is 0.142. The topological polar surface area (TPSA) is 101 Å². The minimum atomic E-state index is -3.39. The Balaban J connectivity index is 2.80. The first-order valence-corrected chi connectivity index (χ1v) is 8.17. The van der Waals surface area contributed by atoms with E-state index >= 15 is 0 Å². The molecule has 0 heterocycles. The van der Waals surface area contributed by atoms with Crippen molar-refractivity contribution in [1.82, 2.24) is 5.32 Å². The number of hydrogen-bond acceptors (Lipinski definition) is 4. The van der Waals surface area contributed by atoms with Gasteiger partial charge in [-0.25, -0.2) is 22.0 Å². The Kier molecular flexibility index (Phi) is 5.98. The van der Waals surface area contributed by atoms with E-state index in [9.17, 15) is 26.8 Å². The first-order valence-electron chi connectivity index (χ1n) is 6.35. The number of nitrogens with one attached hydrogen (secondary N) is 1. The first-order chi connectivity index (χ1) is 10.2. The zero-order chi connectivity index (χ0) is 16.9. The third kappa shape index (κ3) is 5.06. The van der Waals surface area contributed by atoms with E-state index in [2.05, 4.69) is 5.32 Å². The van der Waals surface area contributed by atoms with Crippen molar-refractivity contribution in [2.45, 2.75) is 19.4 Å². The second-order valence-corrected chi connectivity index (χ2v) is 6.99.